The van der Waals surface area contributed by atoms with E-state index < -0.39 is 0 Å². The summed E-state index contributed by atoms with van der Waals surface area (Å²) in [6.07, 6.45) is 4.66. The van der Waals surface area contributed by atoms with Crippen molar-refractivity contribution in [2.75, 3.05) is 12.3 Å². The van der Waals surface area contributed by atoms with Crippen LogP contribution in [0.15, 0.2) is 18.6 Å². The van der Waals surface area contributed by atoms with Crippen molar-refractivity contribution in [2.24, 2.45) is 0 Å². The zero-order chi connectivity index (χ0) is 11.4. The smallest absolute Gasteiger partial charge is 0.321 e. The van der Waals surface area contributed by atoms with Gasteiger partial charge in [-0.15, -0.1) is 0 Å². The Hall–Kier alpha value is -2.31. The van der Waals surface area contributed by atoms with Crippen LogP contribution in [-0.2, 0) is 0 Å². The molecule has 0 atom stereocenters. The van der Waals surface area contributed by atoms with E-state index in [1.54, 1.807) is 18.6 Å². The molecule has 2 heterocycles. The zero-order valence-corrected chi connectivity index (χ0v) is 8.66. The van der Waals surface area contributed by atoms with Gasteiger partial charge < -0.3 is 10.5 Å². The Labute approximate surface area is 91.8 Å². The number of anilines is 1. The molecule has 2 rings (SSSR count). The SMILES string of the molecule is CCOc1nc(N)nc(-c2cnccn2)n1. The van der Waals surface area contributed by atoms with Crippen molar-refractivity contribution in [3.05, 3.63) is 18.6 Å². The zero-order valence-electron chi connectivity index (χ0n) is 8.66. The summed E-state index contributed by atoms with van der Waals surface area (Å²) in [6.45, 7) is 2.30. The summed E-state index contributed by atoms with van der Waals surface area (Å²) >= 11 is 0. The molecule has 0 aliphatic rings. The molecule has 0 saturated heterocycles. The lowest BCUT2D eigenvalue weighted by molar-refractivity contribution is 0.312. The third-order valence-corrected chi connectivity index (χ3v) is 1.70. The van der Waals surface area contributed by atoms with Crippen molar-refractivity contribution in [2.45, 2.75) is 6.92 Å². The molecule has 2 N–H and O–H groups in total. The predicted molar refractivity (Wildman–Crippen MR) is 56.4 cm³/mol. The molecule has 0 spiro atoms. The van der Waals surface area contributed by atoms with Crippen LogP contribution in [0.4, 0.5) is 5.95 Å². The van der Waals surface area contributed by atoms with Crippen LogP contribution in [0.2, 0.25) is 0 Å². The molecule has 0 fully saturated rings. The monoisotopic (exact) mass is 218 g/mol. The molecule has 7 nitrogen and oxygen atoms in total. The van der Waals surface area contributed by atoms with Crippen LogP contribution in [-0.4, -0.2) is 31.5 Å². The molecule has 0 aliphatic heterocycles. The highest BCUT2D eigenvalue weighted by Crippen LogP contribution is 2.13. The molecule has 2 aromatic heterocycles. The van der Waals surface area contributed by atoms with Crippen LogP contribution in [0.5, 0.6) is 6.01 Å². The van der Waals surface area contributed by atoms with Crippen LogP contribution in [0.3, 0.4) is 0 Å². The maximum Gasteiger partial charge on any atom is 0.321 e. The average Bonchev–Trinajstić information content (AvgIpc) is 2.30. The van der Waals surface area contributed by atoms with E-state index in [1.165, 1.54) is 0 Å². The first-order valence-electron chi connectivity index (χ1n) is 4.70. The lowest BCUT2D eigenvalue weighted by atomic mass is 10.4. The molecule has 0 saturated carbocycles. The molecular weight excluding hydrogens is 208 g/mol. The van der Waals surface area contributed by atoms with Crippen molar-refractivity contribution in [1.82, 2.24) is 24.9 Å². The average molecular weight is 218 g/mol. The summed E-state index contributed by atoms with van der Waals surface area (Å²) in [4.78, 5) is 19.8. The predicted octanol–water partition coefficient (Wildman–Crippen LogP) is 0.309. The van der Waals surface area contributed by atoms with Crippen LogP contribution in [0.25, 0.3) is 11.5 Å². The third kappa shape index (κ3) is 2.19. The summed E-state index contributed by atoms with van der Waals surface area (Å²) in [5.74, 6) is 0.447. The van der Waals surface area contributed by atoms with Gasteiger partial charge in [-0.1, -0.05) is 0 Å². The number of nitrogens with two attached hydrogens (primary N) is 1. The number of aromatic nitrogens is 5. The maximum atomic E-state index is 5.54. The second-order valence-corrected chi connectivity index (χ2v) is 2.82. The summed E-state index contributed by atoms with van der Waals surface area (Å²) in [5.41, 5.74) is 6.06. The van der Waals surface area contributed by atoms with Gasteiger partial charge in [0.15, 0.2) is 5.82 Å². The fourth-order valence-electron chi connectivity index (χ4n) is 1.09. The van der Waals surface area contributed by atoms with E-state index in [0.29, 0.717) is 18.1 Å². The Morgan fingerprint density at radius 2 is 2.12 bits per heavy atom. The number of rotatable bonds is 3. The third-order valence-electron chi connectivity index (χ3n) is 1.70. The lowest BCUT2D eigenvalue weighted by Gasteiger charge is -2.03. The number of nitrogen functional groups attached to an aromatic ring is 1. The highest BCUT2D eigenvalue weighted by atomic mass is 16.5. The van der Waals surface area contributed by atoms with Gasteiger partial charge in [-0.2, -0.15) is 15.0 Å². The van der Waals surface area contributed by atoms with Gasteiger partial charge in [0.25, 0.3) is 0 Å². The Kier molecular flexibility index (Phi) is 2.86. The Bertz CT molecular complexity index is 475. The van der Waals surface area contributed by atoms with Crippen molar-refractivity contribution >= 4 is 5.95 Å². The van der Waals surface area contributed by atoms with E-state index in [2.05, 4.69) is 24.9 Å². The molecular formula is C9H10N6O. The second-order valence-electron chi connectivity index (χ2n) is 2.82. The number of nitrogens with zero attached hydrogens (tertiary/aromatic N) is 5. The van der Waals surface area contributed by atoms with Gasteiger partial charge in [0, 0.05) is 12.4 Å². The number of hydrogen-bond donors (Lipinski definition) is 1. The van der Waals surface area contributed by atoms with Crippen LogP contribution in [0, 0.1) is 0 Å². The van der Waals surface area contributed by atoms with Gasteiger partial charge >= 0.3 is 6.01 Å². The van der Waals surface area contributed by atoms with Crippen molar-refractivity contribution in [3.63, 3.8) is 0 Å². The molecule has 0 amide bonds. The quantitative estimate of drug-likeness (QED) is 0.791. The van der Waals surface area contributed by atoms with Crippen LogP contribution < -0.4 is 10.5 Å². The van der Waals surface area contributed by atoms with Gasteiger partial charge in [-0.3, -0.25) is 4.98 Å². The molecule has 2 aromatic rings. The molecule has 0 radical (unpaired) electrons. The molecule has 16 heavy (non-hydrogen) atoms. The lowest BCUT2D eigenvalue weighted by Crippen LogP contribution is -2.05. The second kappa shape index (κ2) is 4.47. The fraction of sp³-hybridized carbons (Fsp3) is 0.222. The molecule has 7 heteroatoms. The van der Waals surface area contributed by atoms with Gasteiger partial charge in [0.1, 0.15) is 5.69 Å². The topological polar surface area (TPSA) is 99.7 Å². The minimum atomic E-state index is 0.0964. The number of hydrogen-bond acceptors (Lipinski definition) is 7. The Balaban J connectivity index is 2.41. The first kappa shape index (κ1) is 10.2. The summed E-state index contributed by atoms with van der Waals surface area (Å²) in [5, 5.41) is 0. The summed E-state index contributed by atoms with van der Waals surface area (Å²) in [6, 6.07) is 0.190. The minimum absolute atomic E-state index is 0.0964. The Morgan fingerprint density at radius 3 is 2.81 bits per heavy atom. The van der Waals surface area contributed by atoms with E-state index in [0.717, 1.165) is 0 Å². The van der Waals surface area contributed by atoms with Crippen LogP contribution in [0.1, 0.15) is 6.92 Å². The summed E-state index contributed by atoms with van der Waals surface area (Å²) < 4.78 is 5.16. The van der Waals surface area contributed by atoms with E-state index in [1.807, 2.05) is 6.92 Å². The van der Waals surface area contributed by atoms with E-state index in [-0.39, 0.29) is 12.0 Å². The van der Waals surface area contributed by atoms with Gasteiger partial charge in [0.2, 0.25) is 5.95 Å². The largest absolute Gasteiger partial charge is 0.464 e. The molecule has 82 valence electrons. The van der Waals surface area contributed by atoms with E-state index in [4.69, 9.17) is 10.5 Å². The van der Waals surface area contributed by atoms with Crippen molar-refractivity contribution in [1.29, 1.82) is 0 Å². The molecule has 0 aliphatic carbocycles. The normalized spacial score (nSPS) is 10.1. The molecule has 0 unspecified atom stereocenters. The highest BCUT2D eigenvalue weighted by Gasteiger charge is 2.08. The first-order valence-corrected chi connectivity index (χ1v) is 4.70. The van der Waals surface area contributed by atoms with Gasteiger partial charge in [-0.05, 0) is 6.92 Å². The van der Waals surface area contributed by atoms with Crippen molar-refractivity contribution in [3.8, 4) is 17.5 Å². The molecule has 0 bridgehead atoms. The standard InChI is InChI=1S/C9H10N6O/c1-2-16-9-14-7(13-8(10)15-9)6-5-11-3-4-12-6/h3-5H,2H2,1H3,(H2,10,13,14,15). The highest BCUT2D eigenvalue weighted by molar-refractivity contribution is 5.48. The van der Waals surface area contributed by atoms with Gasteiger partial charge in [0.05, 0.1) is 12.8 Å². The van der Waals surface area contributed by atoms with E-state index in [9.17, 15) is 0 Å². The summed E-state index contributed by atoms with van der Waals surface area (Å²) in [7, 11) is 0. The maximum absolute atomic E-state index is 5.54. The molecule has 0 aromatic carbocycles. The van der Waals surface area contributed by atoms with Crippen molar-refractivity contribution < 1.29 is 4.74 Å². The fourth-order valence-corrected chi connectivity index (χ4v) is 1.09. The van der Waals surface area contributed by atoms with Gasteiger partial charge in [-0.25, -0.2) is 4.98 Å². The number of ether oxygens (including phenoxy) is 1. The van der Waals surface area contributed by atoms with Crippen LogP contribution >= 0.6 is 0 Å². The minimum Gasteiger partial charge on any atom is -0.464 e. The first-order chi connectivity index (χ1) is 7.79. The Morgan fingerprint density at radius 1 is 1.25 bits per heavy atom. The van der Waals surface area contributed by atoms with E-state index >= 15 is 0 Å².